The van der Waals surface area contributed by atoms with Crippen molar-refractivity contribution < 1.29 is 9.59 Å². The molecule has 0 aliphatic heterocycles. The Morgan fingerprint density at radius 2 is 1.81 bits per heavy atom. The van der Waals surface area contributed by atoms with E-state index in [9.17, 15) is 9.59 Å². The fourth-order valence-corrected chi connectivity index (χ4v) is 4.68. The van der Waals surface area contributed by atoms with Gasteiger partial charge < -0.3 is 9.80 Å². The number of hydrogen-bond donors (Lipinski definition) is 0. The Balaban J connectivity index is 1.74. The molecule has 5 rings (SSSR count). The predicted molar refractivity (Wildman–Crippen MR) is 123 cm³/mol. The topological polar surface area (TPSA) is 57.9 Å². The largest absolute Gasteiger partial charge is 0.308 e. The molecule has 6 heteroatoms. The van der Waals surface area contributed by atoms with E-state index in [-0.39, 0.29) is 18.0 Å². The SMILES string of the molecule is CN(C)CCN(C)CCc1cc2ccccc2c2c3c4c(cncn4c12)C(=O)CC3=O. The van der Waals surface area contributed by atoms with Crippen LogP contribution in [-0.4, -0.2) is 71.5 Å². The highest BCUT2D eigenvalue weighted by molar-refractivity contribution is 6.32. The van der Waals surface area contributed by atoms with E-state index in [0.29, 0.717) is 16.6 Å². The molecule has 0 fully saturated rings. The lowest BCUT2D eigenvalue weighted by atomic mass is 9.90. The van der Waals surface area contributed by atoms with Crippen molar-refractivity contribution in [2.75, 3.05) is 40.8 Å². The van der Waals surface area contributed by atoms with E-state index in [1.807, 2.05) is 16.5 Å². The first-order valence-corrected chi connectivity index (χ1v) is 10.7. The highest BCUT2D eigenvalue weighted by Crippen LogP contribution is 2.39. The minimum absolute atomic E-state index is 0.0840. The summed E-state index contributed by atoms with van der Waals surface area (Å²) in [4.78, 5) is 34.5. The number of likely N-dealkylation sites (N-methyl/N-ethyl adjacent to an activating group) is 2. The van der Waals surface area contributed by atoms with Crippen LogP contribution in [0.2, 0.25) is 0 Å². The van der Waals surface area contributed by atoms with Crippen LogP contribution in [0, 0.1) is 0 Å². The zero-order chi connectivity index (χ0) is 21.7. The first-order valence-electron chi connectivity index (χ1n) is 10.7. The minimum Gasteiger partial charge on any atom is -0.308 e. The van der Waals surface area contributed by atoms with Gasteiger partial charge in [0.15, 0.2) is 11.6 Å². The maximum atomic E-state index is 13.1. The summed E-state index contributed by atoms with van der Waals surface area (Å²) in [6.45, 7) is 2.90. The maximum Gasteiger partial charge on any atom is 0.174 e. The van der Waals surface area contributed by atoms with Crippen molar-refractivity contribution in [3.63, 3.8) is 0 Å². The molecule has 0 unspecified atom stereocenters. The van der Waals surface area contributed by atoms with Gasteiger partial charge in [0.1, 0.15) is 0 Å². The van der Waals surface area contributed by atoms with Crippen LogP contribution in [0.25, 0.3) is 27.2 Å². The van der Waals surface area contributed by atoms with Gasteiger partial charge >= 0.3 is 0 Å². The monoisotopic (exact) mass is 414 g/mol. The summed E-state index contributed by atoms with van der Waals surface area (Å²) in [6, 6.07) is 10.4. The Labute approximate surface area is 181 Å². The zero-order valence-corrected chi connectivity index (χ0v) is 18.2. The Morgan fingerprint density at radius 3 is 2.61 bits per heavy atom. The van der Waals surface area contributed by atoms with Gasteiger partial charge in [-0.05, 0) is 50.0 Å². The molecule has 6 nitrogen and oxygen atoms in total. The molecule has 0 atom stereocenters. The Hall–Kier alpha value is -3.09. The van der Waals surface area contributed by atoms with E-state index in [1.54, 1.807) is 12.5 Å². The summed E-state index contributed by atoms with van der Waals surface area (Å²) in [5.41, 5.74) is 4.11. The molecule has 0 radical (unpaired) electrons. The van der Waals surface area contributed by atoms with Gasteiger partial charge in [-0.25, -0.2) is 4.98 Å². The van der Waals surface area contributed by atoms with Gasteiger partial charge in [-0.15, -0.1) is 0 Å². The first kappa shape index (κ1) is 19.8. The Kier molecular flexibility index (Phi) is 4.84. The molecule has 2 aromatic heterocycles. The third-order valence-electron chi connectivity index (χ3n) is 6.30. The van der Waals surface area contributed by atoms with Crippen molar-refractivity contribution in [2.45, 2.75) is 12.8 Å². The van der Waals surface area contributed by atoms with Gasteiger partial charge in [-0.3, -0.25) is 14.0 Å². The zero-order valence-electron chi connectivity index (χ0n) is 18.2. The lowest BCUT2D eigenvalue weighted by Gasteiger charge is -2.19. The van der Waals surface area contributed by atoms with Crippen molar-refractivity contribution in [3.8, 4) is 0 Å². The van der Waals surface area contributed by atoms with Gasteiger partial charge in [0.2, 0.25) is 0 Å². The normalized spacial score (nSPS) is 14.1. The number of carbonyl (C=O) groups is 2. The molecule has 1 aliphatic rings. The number of Topliss-reactive ketones (excluding diaryl/α,β-unsaturated/α-hetero) is 2. The van der Waals surface area contributed by atoms with E-state index in [2.05, 4.69) is 54.1 Å². The van der Waals surface area contributed by atoms with Gasteiger partial charge in [-0.1, -0.05) is 24.3 Å². The predicted octanol–water partition coefficient (Wildman–Crippen LogP) is 3.45. The molecular formula is C25H26N4O2. The molecule has 0 N–H and O–H groups in total. The van der Waals surface area contributed by atoms with Crippen LogP contribution in [0.3, 0.4) is 0 Å². The Bertz CT molecular complexity index is 1350. The van der Waals surface area contributed by atoms with E-state index < -0.39 is 0 Å². The third kappa shape index (κ3) is 3.23. The summed E-state index contributed by atoms with van der Waals surface area (Å²) in [5, 5.41) is 3.12. The molecule has 4 aromatic rings. The summed E-state index contributed by atoms with van der Waals surface area (Å²) in [6.07, 6.45) is 4.11. The average Bonchev–Trinajstić information content (AvgIpc) is 3.11. The second kappa shape index (κ2) is 7.55. The molecular weight excluding hydrogens is 388 g/mol. The van der Waals surface area contributed by atoms with Crippen LogP contribution in [0.1, 0.15) is 32.7 Å². The van der Waals surface area contributed by atoms with Crippen molar-refractivity contribution in [1.29, 1.82) is 0 Å². The fraction of sp³-hybridized carbons (Fsp3) is 0.320. The molecule has 0 saturated heterocycles. The van der Waals surface area contributed by atoms with E-state index in [4.69, 9.17) is 0 Å². The lowest BCUT2D eigenvalue weighted by molar-refractivity contribution is 0.0890. The van der Waals surface area contributed by atoms with E-state index >= 15 is 0 Å². The van der Waals surface area contributed by atoms with Crippen LogP contribution in [-0.2, 0) is 6.42 Å². The van der Waals surface area contributed by atoms with Gasteiger partial charge in [-0.2, -0.15) is 0 Å². The van der Waals surface area contributed by atoms with Crippen LogP contribution >= 0.6 is 0 Å². The highest BCUT2D eigenvalue weighted by Gasteiger charge is 2.31. The average molecular weight is 415 g/mol. The minimum atomic E-state index is -0.146. The Morgan fingerprint density at radius 1 is 1.00 bits per heavy atom. The van der Waals surface area contributed by atoms with Crippen LogP contribution in [0.15, 0.2) is 42.9 Å². The van der Waals surface area contributed by atoms with Gasteiger partial charge in [0.05, 0.1) is 34.9 Å². The van der Waals surface area contributed by atoms with Gasteiger partial charge in [0, 0.05) is 31.2 Å². The van der Waals surface area contributed by atoms with Gasteiger partial charge in [0.25, 0.3) is 0 Å². The molecule has 0 spiro atoms. The van der Waals surface area contributed by atoms with Crippen molar-refractivity contribution in [2.24, 2.45) is 0 Å². The number of carbonyl (C=O) groups excluding carboxylic acids is 2. The van der Waals surface area contributed by atoms with Crippen LogP contribution in [0.5, 0.6) is 0 Å². The summed E-state index contributed by atoms with van der Waals surface area (Å²) >= 11 is 0. The molecule has 2 heterocycles. The van der Waals surface area contributed by atoms with Crippen molar-refractivity contribution in [1.82, 2.24) is 19.2 Å². The van der Waals surface area contributed by atoms with E-state index in [1.165, 1.54) is 5.56 Å². The third-order valence-corrected chi connectivity index (χ3v) is 6.30. The number of hydrogen-bond acceptors (Lipinski definition) is 5. The molecule has 0 bridgehead atoms. The second-order valence-corrected chi connectivity index (χ2v) is 8.76. The van der Waals surface area contributed by atoms with Crippen LogP contribution in [0.4, 0.5) is 0 Å². The van der Waals surface area contributed by atoms with Crippen molar-refractivity contribution in [3.05, 3.63) is 59.5 Å². The smallest absolute Gasteiger partial charge is 0.174 e. The van der Waals surface area contributed by atoms with E-state index in [0.717, 1.165) is 47.7 Å². The molecule has 31 heavy (non-hydrogen) atoms. The number of fused-ring (bicyclic) bond motifs is 5. The number of rotatable bonds is 6. The summed E-state index contributed by atoms with van der Waals surface area (Å²) in [7, 11) is 6.30. The van der Waals surface area contributed by atoms with Crippen molar-refractivity contribution >= 4 is 38.8 Å². The molecule has 2 aromatic carbocycles. The van der Waals surface area contributed by atoms with Crippen LogP contribution < -0.4 is 0 Å². The number of ketones is 2. The maximum absolute atomic E-state index is 13.1. The summed E-state index contributed by atoms with van der Waals surface area (Å²) in [5.74, 6) is -0.241. The molecule has 158 valence electrons. The second-order valence-electron chi connectivity index (χ2n) is 8.76. The quantitative estimate of drug-likeness (QED) is 0.453. The summed E-state index contributed by atoms with van der Waals surface area (Å²) < 4.78 is 1.97. The number of aromatic nitrogens is 2. The fourth-order valence-electron chi connectivity index (χ4n) is 4.68. The molecule has 0 amide bonds. The molecule has 1 aliphatic carbocycles. The highest BCUT2D eigenvalue weighted by atomic mass is 16.1. The lowest BCUT2D eigenvalue weighted by Crippen LogP contribution is -2.30. The molecule has 0 saturated carbocycles. The number of nitrogens with zero attached hydrogens (tertiary/aromatic N) is 4. The first-order chi connectivity index (χ1) is 15.0. The number of benzene rings is 2. The standard InChI is InChI=1S/C25H26N4O2/c1-27(2)10-11-28(3)9-8-17-12-16-6-4-5-7-18(16)22-23-21(31)13-20(30)19-14-26-15-29(24(17)22)25(19)23/h4-7,12,14-15H,8-11,13H2,1-3H3.